The molecule has 0 amide bonds. The summed E-state index contributed by atoms with van der Waals surface area (Å²) in [5, 5.41) is 3.79. The Balaban J connectivity index is 1.82. The molecular weight excluding hydrogens is 230 g/mol. The van der Waals surface area contributed by atoms with E-state index in [1.54, 1.807) is 0 Å². The molecule has 1 nitrogen and oxygen atoms in total. The fourth-order valence-electron chi connectivity index (χ4n) is 4.09. The fourth-order valence-corrected chi connectivity index (χ4v) is 4.09. The van der Waals surface area contributed by atoms with Crippen LogP contribution in [0.3, 0.4) is 0 Å². The molecule has 0 heterocycles. The summed E-state index contributed by atoms with van der Waals surface area (Å²) in [6.45, 7) is 8.51. The first-order chi connectivity index (χ1) is 9.22. The normalized spacial score (nSPS) is 33.3. The van der Waals surface area contributed by atoms with E-state index in [-0.39, 0.29) is 0 Å². The van der Waals surface area contributed by atoms with Gasteiger partial charge in [-0.25, -0.2) is 0 Å². The number of hydrogen-bond acceptors (Lipinski definition) is 1. The van der Waals surface area contributed by atoms with E-state index in [9.17, 15) is 0 Å². The second-order valence-corrected chi connectivity index (χ2v) is 7.42. The fraction of sp³-hybridized carbons (Fsp3) is 1.00. The molecule has 2 aliphatic rings. The third-order valence-corrected chi connectivity index (χ3v) is 5.56. The summed E-state index contributed by atoms with van der Waals surface area (Å²) in [5.41, 5.74) is 0. The van der Waals surface area contributed by atoms with Gasteiger partial charge < -0.3 is 5.32 Å². The largest absolute Gasteiger partial charge is 0.314 e. The van der Waals surface area contributed by atoms with E-state index in [4.69, 9.17) is 0 Å². The van der Waals surface area contributed by atoms with E-state index < -0.39 is 0 Å². The summed E-state index contributed by atoms with van der Waals surface area (Å²) in [6, 6.07) is 0.887. The van der Waals surface area contributed by atoms with Crippen LogP contribution < -0.4 is 5.32 Å². The van der Waals surface area contributed by atoms with Gasteiger partial charge in [0.15, 0.2) is 0 Å². The Morgan fingerprint density at radius 1 is 1.05 bits per heavy atom. The van der Waals surface area contributed by atoms with Gasteiger partial charge in [0.1, 0.15) is 0 Å². The maximum absolute atomic E-state index is 3.79. The van der Waals surface area contributed by atoms with Crippen molar-refractivity contribution in [3.05, 3.63) is 0 Å². The Morgan fingerprint density at radius 3 is 2.47 bits per heavy atom. The number of nitrogens with one attached hydrogen (secondary N) is 1. The van der Waals surface area contributed by atoms with Gasteiger partial charge in [0.05, 0.1) is 0 Å². The lowest BCUT2D eigenvalue weighted by atomic mass is 9.70. The van der Waals surface area contributed by atoms with Crippen LogP contribution in [0.4, 0.5) is 0 Å². The van der Waals surface area contributed by atoms with Crippen molar-refractivity contribution in [2.24, 2.45) is 23.7 Å². The van der Waals surface area contributed by atoms with Gasteiger partial charge in [-0.1, -0.05) is 46.5 Å². The predicted octanol–water partition coefficient (Wildman–Crippen LogP) is 5.01. The van der Waals surface area contributed by atoms with Gasteiger partial charge in [-0.15, -0.1) is 0 Å². The minimum atomic E-state index is 0.887. The summed E-state index contributed by atoms with van der Waals surface area (Å²) in [7, 11) is 0. The van der Waals surface area contributed by atoms with Crippen molar-refractivity contribution in [1.82, 2.24) is 5.32 Å². The summed E-state index contributed by atoms with van der Waals surface area (Å²) in [6.07, 6.45) is 13.0. The van der Waals surface area contributed by atoms with Gasteiger partial charge in [-0.05, 0) is 62.3 Å². The molecule has 4 unspecified atom stereocenters. The van der Waals surface area contributed by atoms with Crippen molar-refractivity contribution in [2.75, 3.05) is 6.54 Å². The monoisotopic (exact) mass is 265 g/mol. The van der Waals surface area contributed by atoms with Crippen LogP contribution in [0.1, 0.15) is 78.6 Å². The van der Waals surface area contributed by atoms with Gasteiger partial charge in [-0.2, -0.15) is 0 Å². The molecule has 4 atom stereocenters. The second-order valence-electron chi connectivity index (χ2n) is 7.42. The molecule has 2 aliphatic carbocycles. The summed E-state index contributed by atoms with van der Waals surface area (Å²) < 4.78 is 0. The first kappa shape index (κ1) is 15.4. The number of rotatable bonds is 8. The third-order valence-electron chi connectivity index (χ3n) is 5.56. The smallest absolute Gasteiger partial charge is 0.00683 e. The van der Waals surface area contributed by atoms with Crippen LogP contribution in [0, 0.1) is 23.7 Å². The topological polar surface area (TPSA) is 12.0 Å². The van der Waals surface area contributed by atoms with Crippen molar-refractivity contribution < 1.29 is 0 Å². The van der Waals surface area contributed by atoms with Gasteiger partial charge >= 0.3 is 0 Å². The molecule has 0 aliphatic heterocycles. The molecule has 0 aromatic rings. The molecule has 2 rings (SSSR count). The zero-order valence-electron chi connectivity index (χ0n) is 13.5. The average molecular weight is 265 g/mol. The van der Waals surface area contributed by atoms with E-state index in [1.165, 1.54) is 64.3 Å². The zero-order valence-corrected chi connectivity index (χ0v) is 13.5. The minimum Gasteiger partial charge on any atom is -0.314 e. The van der Waals surface area contributed by atoms with E-state index in [2.05, 4.69) is 26.1 Å². The Kier molecular flexibility index (Phi) is 6.19. The van der Waals surface area contributed by atoms with Crippen molar-refractivity contribution in [1.29, 1.82) is 0 Å². The molecule has 2 fully saturated rings. The Labute approximate surface area is 120 Å². The van der Waals surface area contributed by atoms with Gasteiger partial charge in [-0.3, -0.25) is 0 Å². The highest BCUT2D eigenvalue weighted by Gasteiger charge is 2.31. The molecule has 19 heavy (non-hydrogen) atoms. The third kappa shape index (κ3) is 5.10. The maximum Gasteiger partial charge on any atom is 0.00683 e. The van der Waals surface area contributed by atoms with Crippen LogP contribution in [0.5, 0.6) is 0 Å². The molecule has 2 saturated carbocycles. The first-order valence-corrected chi connectivity index (χ1v) is 8.96. The maximum atomic E-state index is 3.79. The summed E-state index contributed by atoms with van der Waals surface area (Å²) >= 11 is 0. The zero-order chi connectivity index (χ0) is 13.7. The van der Waals surface area contributed by atoms with Gasteiger partial charge in [0.25, 0.3) is 0 Å². The van der Waals surface area contributed by atoms with Crippen LogP contribution in [-0.2, 0) is 0 Å². The lowest BCUT2D eigenvalue weighted by Crippen LogP contribution is -2.34. The summed E-state index contributed by atoms with van der Waals surface area (Å²) in [4.78, 5) is 0. The first-order valence-electron chi connectivity index (χ1n) is 8.96. The quantitative estimate of drug-likeness (QED) is 0.650. The average Bonchev–Trinajstić information content (AvgIpc) is 3.21. The van der Waals surface area contributed by atoms with Crippen LogP contribution in [0.15, 0.2) is 0 Å². The number of hydrogen-bond donors (Lipinski definition) is 1. The van der Waals surface area contributed by atoms with Crippen LogP contribution >= 0.6 is 0 Å². The Bertz CT molecular complexity index is 246. The summed E-state index contributed by atoms with van der Waals surface area (Å²) in [5.74, 6) is 3.94. The molecule has 1 heteroatoms. The molecule has 0 aromatic carbocycles. The van der Waals surface area contributed by atoms with Crippen molar-refractivity contribution in [3.8, 4) is 0 Å². The molecule has 0 aromatic heterocycles. The van der Waals surface area contributed by atoms with Crippen LogP contribution in [0.25, 0.3) is 0 Å². The van der Waals surface area contributed by atoms with E-state index in [0.29, 0.717) is 0 Å². The van der Waals surface area contributed by atoms with E-state index in [1.807, 2.05) is 0 Å². The molecule has 1 N–H and O–H groups in total. The van der Waals surface area contributed by atoms with Crippen molar-refractivity contribution in [2.45, 2.75) is 84.6 Å². The SMILES string of the molecule is CCCC(C)CC1CC(CC)CCC1CNC1CC1. The molecule has 0 bridgehead atoms. The van der Waals surface area contributed by atoms with Gasteiger partial charge in [0, 0.05) is 6.04 Å². The highest BCUT2D eigenvalue weighted by atomic mass is 14.9. The highest BCUT2D eigenvalue weighted by Crippen LogP contribution is 2.39. The molecule has 0 radical (unpaired) electrons. The molecule has 0 spiro atoms. The van der Waals surface area contributed by atoms with Crippen molar-refractivity contribution in [3.63, 3.8) is 0 Å². The van der Waals surface area contributed by atoms with E-state index in [0.717, 1.165) is 29.7 Å². The van der Waals surface area contributed by atoms with Crippen LogP contribution in [-0.4, -0.2) is 12.6 Å². The molecule has 112 valence electrons. The van der Waals surface area contributed by atoms with Gasteiger partial charge in [0.2, 0.25) is 0 Å². The van der Waals surface area contributed by atoms with Crippen LogP contribution in [0.2, 0.25) is 0 Å². The molecular formula is C18H35N. The Morgan fingerprint density at radius 2 is 1.84 bits per heavy atom. The van der Waals surface area contributed by atoms with Crippen molar-refractivity contribution >= 4 is 0 Å². The lowest BCUT2D eigenvalue weighted by Gasteiger charge is -2.37. The standard InChI is InChI=1S/C18H35N/c1-4-6-14(3)11-17-12-15(5-2)7-8-16(17)13-19-18-9-10-18/h14-19H,4-13H2,1-3H3. The highest BCUT2D eigenvalue weighted by molar-refractivity contribution is 4.86. The molecule has 0 saturated heterocycles. The predicted molar refractivity (Wildman–Crippen MR) is 84.3 cm³/mol. The second kappa shape index (κ2) is 7.67. The Hall–Kier alpha value is -0.0400. The lowest BCUT2D eigenvalue weighted by molar-refractivity contribution is 0.145. The van der Waals surface area contributed by atoms with E-state index >= 15 is 0 Å². The minimum absolute atomic E-state index is 0.887.